The second kappa shape index (κ2) is 6.48. The molecule has 0 bridgehead atoms. The highest BCUT2D eigenvalue weighted by Gasteiger charge is 2.00. The van der Waals surface area contributed by atoms with Crippen molar-refractivity contribution in [3.63, 3.8) is 0 Å². The highest BCUT2D eigenvalue weighted by molar-refractivity contribution is 8.00. The molecule has 0 aliphatic rings. The highest BCUT2D eigenvalue weighted by Crippen LogP contribution is 2.20. The van der Waals surface area contributed by atoms with Crippen molar-refractivity contribution in [2.75, 3.05) is 6.54 Å². The summed E-state index contributed by atoms with van der Waals surface area (Å²) >= 11 is 1.48. The quantitative estimate of drug-likeness (QED) is 0.568. The van der Waals surface area contributed by atoms with E-state index in [1.165, 1.54) is 17.3 Å². The Morgan fingerprint density at radius 1 is 1.47 bits per heavy atom. The number of nitrogens with one attached hydrogen (secondary N) is 1. The molecule has 81 valence electrons. The van der Waals surface area contributed by atoms with Gasteiger partial charge in [-0.2, -0.15) is 0 Å². The van der Waals surface area contributed by atoms with Crippen LogP contribution in [0.2, 0.25) is 0 Å². The molecular formula is C11H15N2OS. The molecule has 0 fully saturated rings. The Balaban J connectivity index is 2.39. The maximum atomic E-state index is 10.5. The Morgan fingerprint density at radius 3 is 2.87 bits per heavy atom. The molecule has 1 rings (SSSR count). The van der Waals surface area contributed by atoms with E-state index < -0.39 is 0 Å². The maximum Gasteiger partial charge on any atom is 0.218 e. The third-order valence-electron chi connectivity index (χ3n) is 1.99. The fourth-order valence-corrected chi connectivity index (χ4v) is 1.73. The van der Waals surface area contributed by atoms with Crippen molar-refractivity contribution in [3.05, 3.63) is 36.1 Å². The second-order valence-corrected chi connectivity index (χ2v) is 3.87. The van der Waals surface area contributed by atoms with Crippen LogP contribution in [0.3, 0.4) is 0 Å². The lowest BCUT2D eigenvalue weighted by atomic mass is 10.2. The third-order valence-corrected chi connectivity index (χ3v) is 2.70. The van der Waals surface area contributed by atoms with Gasteiger partial charge in [0.05, 0.1) is 0 Å². The van der Waals surface area contributed by atoms with Crippen LogP contribution in [0.4, 0.5) is 0 Å². The average Bonchev–Trinajstić information content (AvgIpc) is 2.24. The predicted molar refractivity (Wildman–Crippen MR) is 63.2 cm³/mol. The molecule has 1 aromatic rings. The van der Waals surface area contributed by atoms with Crippen LogP contribution in [0.1, 0.15) is 12.0 Å². The predicted octanol–water partition coefficient (Wildman–Crippen LogP) is 1.54. The largest absolute Gasteiger partial charge is 0.370 e. The van der Waals surface area contributed by atoms with Crippen molar-refractivity contribution in [3.8, 4) is 0 Å². The van der Waals surface area contributed by atoms with Crippen molar-refractivity contribution < 1.29 is 4.79 Å². The summed E-state index contributed by atoms with van der Waals surface area (Å²) in [4.78, 5) is 11.7. The summed E-state index contributed by atoms with van der Waals surface area (Å²) < 4.78 is 0. The van der Waals surface area contributed by atoms with Gasteiger partial charge in [0.25, 0.3) is 0 Å². The minimum absolute atomic E-state index is 0.276. The van der Waals surface area contributed by atoms with E-state index in [9.17, 15) is 4.79 Å². The van der Waals surface area contributed by atoms with Crippen LogP contribution in [-0.4, -0.2) is 12.5 Å². The van der Waals surface area contributed by atoms with Crippen LogP contribution in [0, 0.1) is 6.26 Å². The molecule has 0 unspecified atom stereocenters. The highest BCUT2D eigenvalue weighted by atomic mass is 32.2. The van der Waals surface area contributed by atoms with Gasteiger partial charge >= 0.3 is 0 Å². The van der Waals surface area contributed by atoms with E-state index in [0.717, 1.165) is 11.4 Å². The van der Waals surface area contributed by atoms with E-state index in [2.05, 4.69) is 11.6 Å². The van der Waals surface area contributed by atoms with E-state index in [1.807, 2.05) is 24.3 Å². The Labute approximate surface area is 94.4 Å². The molecule has 1 amide bonds. The van der Waals surface area contributed by atoms with E-state index in [1.54, 1.807) is 0 Å². The van der Waals surface area contributed by atoms with E-state index >= 15 is 0 Å². The average molecular weight is 223 g/mol. The van der Waals surface area contributed by atoms with E-state index in [-0.39, 0.29) is 5.91 Å². The maximum absolute atomic E-state index is 10.5. The zero-order valence-corrected chi connectivity index (χ0v) is 9.35. The molecule has 0 saturated carbocycles. The van der Waals surface area contributed by atoms with Gasteiger partial charge in [0.15, 0.2) is 0 Å². The minimum atomic E-state index is -0.276. The van der Waals surface area contributed by atoms with Crippen LogP contribution in [0.5, 0.6) is 0 Å². The van der Waals surface area contributed by atoms with Gasteiger partial charge in [0.2, 0.25) is 5.91 Å². The van der Waals surface area contributed by atoms with Gasteiger partial charge < -0.3 is 11.1 Å². The number of nitrogens with two attached hydrogens (primary N) is 1. The number of carbonyl (C=O) groups excluding carboxylic acids is 1. The molecule has 0 aliphatic heterocycles. The Hall–Kier alpha value is -1.00. The molecule has 0 spiro atoms. The van der Waals surface area contributed by atoms with Gasteiger partial charge in [-0.05, 0) is 11.6 Å². The lowest BCUT2D eigenvalue weighted by molar-refractivity contribution is -0.117. The molecule has 0 aliphatic carbocycles. The first-order valence-electron chi connectivity index (χ1n) is 4.73. The summed E-state index contributed by atoms with van der Waals surface area (Å²) in [6.07, 6.45) is 4.16. The number of hydrogen-bond donors (Lipinski definition) is 2. The first kappa shape index (κ1) is 12.1. The Bertz CT molecular complexity index is 328. The molecule has 0 atom stereocenters. The number of amides is 1. The van der Waals surface area contributed by atoms with Crippen LogP contribution in [0.25, 0.3) is 0 Å². The molecule has 15 heavy (non-hydrogen) atoms. The van der Waals surface area contributed by atoms with E-state index in [4.69, 9.17) is 5.73 Å². The number of thioether (sulfide) groups is 1. The van der Waals surface area contributed by atoms with Crippen molar-refractivity contribution in [1.29, 1.82) is 0 Å². The molecule has 0 aromatic heterocycles. The molecule has 1 aromatic carbocycles. The van der Waals surface area contributed by atoms with Crippen molar-refractivity contribution in [2.24, 2.45) is 5.73 Å². The zero-order chi connectivity index (χ0) is 11.1. The van der Waals surface area contributed by atoms with Crippen LogP contribution in [0.15, 0.2) is 29.2 Å². The summed E-state index contributed by atoms with van der Waals surface area (Å²) in [5.74, 6) is -0.276. The lowest BCUT2D eigenvalue weighted by Crippen LogP contribution is -2.21. The topological polar surface area (TPSA) is 55.1 Å². The van der Waals surface area contributed by atoms with Crippen LogP contribution < -0.4 is 11.1 Å². The lowest BCUT2D eigenvalue weighted by Gasteiger charge is -2.07. The number of primary amides is 1. The molecule has 4 heteroatoms. The summed E-state index contributed by atoms with van der Waals surface area (Å²) in [5, 5.41) is 3.17. The van der Waals surface area contributed by atoms with Gasteiger partial charge in [0, 0.05) is 30.7 Å². The van der Waals surface area contributed by atoms with Gasteiger partial charge in [-0.15, -0.1) is 11.8 Å². The minimum Gasteiger partial charge on any atom is -0.370 e. The van der Waals surface area contributed by atoms with Crippen molar-refractivity contribution >= 4 is 17.7 Å². The SMILES string of the molecule is [CH2]Sc1ccccc1CNCCC(N)=O. The van der Waals surface area contributed by atoms with Crippen molar-refractivity contribution in [2.45, 2.75) is 17.9 Å². The third kappa shape index (κ3) is 4.36. The number of carbonyl (C=O) groups is 1. The summed E-state index contributed by atoms with van der Waals surface area (Å²) in [7, 11) is 0. The summed E-state index contributed by atoms with van der Waals surface area (Å²) in [6, 6.07) is 8.05. The van der Waals surface area contributed by atoms with Gasteiger partial charge in [-0.25, -0.2) is 0 Å². The van der Waals surface area contributed by atoms with Crippen LogP contribution >= 0.6 is 11.8 Å². The first-order valence-corrected chi connectivity index (χ1v) is 5.71. The summed E-state index contributed by atoms with van der Waals surface area (Å²) in [5.41, 5.74) is 6.23. The first-order chi connectivity index (χ1) is 7.24. The fourth-order valence-electron chi connectivity index (χ4n) is 1.23. The summed E-state index contributed by atoms with van der Waals surface area (Å²) in [6.45, 7) is 1.36. The van der Waals surface area contributed by atoms with Gasteiger partial charge in [-0.1, -0.05) is 18.2 Å². The number of hydrogen-bond acceptors (Lipinski definition) is 3. The molecule has 1 radical (unpaired) electrons. The molecular weight excluding hydrogens is 208 g/mol. The number of benzene rings is 1. The van der Waals surface area contributed by atoms with Gasteiger partial charge in [0.1, 0.15) is 0 Å². The molecule has 3 nitrogen and oxygen atoms in total. The number of rotatable bonds is 6. The molecule has 3 N–H and O–H groups in total. The monoisotopic (exact) mass is 223 g/mol. The zero-order valence-electron chi connectivity index (χ0n) is 8.53. The standard InChI is InChI=1S/C11H15N2OS/c1-15-10-5-3-2-4-9(10)8-13-7-6-11(12)14/h2-5,13H,1,6-8H2,(H2,12,14). The van der Waals surface area contributed by atoms with Gasteiger partial charge in [-0.3, -0.25) is 4.79 Å². The Morgan fingerprint density at radius 2 is 2.20 bits per heavy atom. The Kier molecular flexibility index (Phi) is 5.21. The molecule has 0 saturated heterocycles. The van der Waals surface area contributed by atoms with E-state index in [0.29, 0.717) is 13.0 Å². The van der Waals surface area contributed by atoms with Crippen molar-refractivity contribution in [1.82, 2.24) is 5.32 Å². The second-order valence-electron chi connectivity index (χ2n) is 3.15. The normalized spacial score (nSPS) is 10.2. The molecule has 0 heterocycles. The van der Waals surface area contributed by atoms with Crippen LogP contribution in [-0.2, 0) is 11.3 Å². The smallest absolute Gasteiger partial charge is 0.218 e. The fraction of sp³-hybridized carbons (Fsp3) is 0.273.